The second kappa shape index (κ2) is 7.22. The molecule has 3 rings (SSSR count). The zero-order chi connectivity index (χ0) is 16.9. The van der Waals surface area contributed by atoms with Crippen LogP contribution in [0.5, 0.6) is 0 Å². The summed E-state index contributed by atoms with van der Waals surface area (Å²) in [6.45, 7) is 5.23. The lowest BCUT2D eigenvalue weighted by molar-refractivity contribution is -0.114. The lowest BCUT2D eigenvalue weighted by atomic mass is 10.2. The van der Waals surface area contributed by atoms with Gasteiger partial charge in [0.2, 0.25) is 11.9 Å². The molecular weight excluding hydrogens is 306 g/mol. The van der Waals surface area contributed by atoms with Gasteiger partial charge in [-0.2, -0.15) is 10.1 Å². The van der Waals surface area contributed by atoms with Crippen molar-refractivity contribution in [3.8, 4) is 0 Å². The highest BCUT2D eigenvalue weighted by Gasteiger charge is 2.17. The Morgan fingerprint density at radius 2 is 1.92 bits per heavy atom. The van der Waals surface area contributed by atoms with Gasteiger partial charge in [0.1, 0.15) is 0 Å². The van der Waals surface area contributed by atoms with Gasteiger partial charge in [0.15, 0.2) is 5.82 Å². The Bertz CT molecular complexity index is 713. The van der Waals surface area contributed by atoms with Gasteiger partial charge in [0, 0.05) is 44.5 Å². The summed E-state index contributed by atoms with van der Waals surface area (Å²) >= 11 is 0. The van der Waals surface area contributed by atoms with Crippen LogP contribution >= 0.6 is 0 Å². The molecule has 0 spiro atoms. The summed E-state index contributed by atoms with van der Waals surface area (Å²) in [4.78, 5) is 20.1. The molecule has 1 aliphatic rings. The maximum absolute atomic E-state index is 11.2. The predicted molar refractivity (Wildman–Crippen MR) is 93.6 cm³/mol. The Morgan fingerprint density at radius 1 is 1.17 bits per heavy atom. The van der Waals surface area contributed by atoms with Crippen LogP contribution in [0.25, 0.3) is 0 Å². The third-order valence-corrected chi connectivity index (χ3v) is 3.79. The number of carbonyl (C=O) groups excluding carboxylic acids is 1. The number of likely N-dealkylation sites (N-methyl/N-ethyl adjacent to an activating group) is 1. The van der Waals surface area contributed by atoms with E-state index in [1.165, 1.54) is 6.92 Å². The number of aromatic nitrogens is 3. The van der Waals surface area contributed by atoms with Gasteiger partial charge in [-0.3, -0.25) is 4.79 Å². The van der Waals surface area contributed by atoms with Crippen LogP contribution in [-0.2, 0) is 4.79 Å². The second-order valence-electron chi connectivity index (χ2n) is 5.82. The Morgan fingerprint density at radius 3 is 2.67 bits per heavy atom. The summed E-state index contributed by atoms with van der Waals surface area (Å²) in [5, 5.41) is 14.1. The highest BCUT2D eigenvalue weighted by atomic mass is 16.1. The van der Waals surface area contributed by atoms with E-state index >= 15 is 0 Å². The molecule has 8 heteroatoms. The van der Waals surface area contributed by atoms with E-state index in [1.54, 1.807) is 6.20 Å². The van der Waals surface area contributed by atoms with E-state index in [0.717, 1.165) is 37.6 Å². The van der Waals surface area contributed by atoms with Crippen molar-refractivity contribution < 1.29 is 4.79 Å². The largest absolute Gasteiger partial charge is 0.339 e. The first-order valence-electron chi connectivity index (χ1n) is 7.88. The fourth-order valence-corrected chi connectivity index (χ4v) is 2.52. The van der Waals surface area contributed by atoms with Crippen LogP contribution in [0, 0.1) is 0 Å². The first kappa shape index (κ1) is 16.1. The smallest absolute Gasteiger partial charge is 0.247 e. The number of hydrogen-bond acceptors (Lipinski definition) is 7. The molecule has 1 aliphatic heterocycles. The minimum Gasteiger partial charge on any atom is -0.339 e. The Balaban J connectivity index is 1.71. The van der Waals surface area contributed by atoms with E-state index in [1.807, 2.05) is 24.3 Å². The van der Waals surface area contributed by atoms with Crippen molar-refractivity contribution in [1.29, 1.82) is 0 Å². The van der Waals surface area contributed by atoms with Crippen LogP contribution in [0.2, 0.25) is 0 Å². The van der Waals surface area contributed by atoms with Crippen molar-refractivity contribution in [2.24, 2.45) is 0 Å². The maximum atomic E-state index is 11.2. The van der Waals surface area contributed by atoms with E-state index in [9.17, 15) is 4.79 Å². The van der Waals surface area contributed by atoms with E-state index in [-0.39, 0.29) is 5.91 Å². The Hall–Kier alpha value is -2.74. The van der Waals surface area contributed by atoms with E-state index in [0.29, 0.717) is 11.8 Å². The van der Waals surface area contributed by atoms with Gasteiger partial charge in [0.25, 0.3) is 0 Å². The van der Waals surface area contributed by atoms with Crippen molar-refractivity contribution in [2.75, 3.05) is 48.8 Å². The summed E-state index contributed by atoms with van der Waals surface area (Å²) in [6.07, 6.45) is 1.59. The molecule has 0 saturated carbocycles. The molecule has 1 aromatic heterocycles. The number of amides is 1. The number of rotatable bonds is 4. The summed E-state index contributed by atoms with van der Waals surface area (Å²) < 4.78 is 0. The third-order valence-electron chi connectivity index (χ3n) is 3.79. The number of piperazine rings is 1. The lowest BCUT2D eigenvalue weighted by Crippen LogP contribution is -2.45. The molecule has 0 atom stereocenters. The van der Waals surface area contributed by atoms with Crippen LogP contribution in [0.15, 0.2) is 30.5 Å². The average molecular weight is 327 g/mol. The molecule has 126 valence electrons. The van der Waals surface area contributed by atoms with Gasteiger partial charge in [-0.15, -0.1) is 5.10 Å². The topological polar surface area (TPSA) is 86.3 Å². The maximum Gasteiger partial charge on any atom is 0.247 e. The van der Waals surface area contributed by atoms with Crippen molar-refractivity contribution in [3.63, 3.8) is 0 Å². The molecule has 1 fully saturated rings. The molecule has 2 aromatic rings. The van der Waals surface area contributed by atoms with Crippen molar-refractivity contribution in [3.05, 3.63) is 30.5 Å². The number of anilines is 4. The fourth-order valence-electron chi connectivity index (χ4n) is 2.52. The standard InChI is InChI=1S/C16H21N7O/c1-12(24)18-13-4-3-5-14(10-13)19-15-11-17-21-16(20-15)23-8-6-22(2)7-9-23/h3-5,10-11H,6-9H2,1-2H3,(H,18,24)(H,19,20,21). The molecular formula is C16H21N7O. The van der Waals surface area contributed by atoms with Gasteiger partial charge in [0.05, 0.1) is 6.20 Å². The quantitative estimate of drug-likeness (QED) is 0.876. The minimum atomic E-state index is -0.104. The van der Waals surface area contributed by atoms with Crippen LogP contribution in [0.3, 0.4) is 0 Å². The third kappa shape index (κ3) is 4.17. The van der Waals surface area contributed by atoms with E-state index < -0.39 is 0 Å². The molecule has 24 heavy (non-hydrogen) atoms. The number of carbonyl (C=O) groups is 1. The molecule has 2 N–H and O–H groups in total. The van der Waals surface area contributed by atoms with Gasteiger partial charge in [-0.25, -0.2) is 0 Å². The summed E-state index contributed by atoms with van der Waals surface area (Å²) in [6, 6.07) is 7.45. The van der Waals surface area contributed by atoms with Gasteiger partial charge >= 0.3 is 0 Å². The van der Waals surface area contributed by atoms with Crippen LogP contribution < -0.4 is 15.5 Å². The number of benzene rings is 1. The summed E-state index contributed by atoms with van der Waals surface area (Å²) in [7, 11) is 2.11. The van der Waals surface area contributed by atoms with Crippen molar-refractivity contribution in [2.45, 2.75) is 6.92 Å². The average Bonchev–Trinajstić information content (AvgIpc) is 2.55. The normalized spacial score (nSPS) is 15.2. The SMILES string of the molecule is CC(=O)Nc1cccc(Nc2cnnc(N3CCN(C)CC3)n2)c1. The zero-order valence-electron chi connectivity index (χ0n) is 13.9. The zero-order valence-corrected chi connectivity index (χ0v) is 13.9. The first-order valence-corrected chi connectivity index (χ1v) is 7.88. The van der Waals surface area contributed by atoms with Crippen LogP contribution in [0.1, 0.15) is 6.92 Å². The minimum absolute atomic E-state index is 0.104. The number of nitrogens with one attached hydrogen (secondary N) is 2. The molecule has 1 saturated heterocycles. The highest BCUT2D eigenvalue weighted by Crippen LogP contribution is 2.20. The first-order chi connectivity index (χ1) is 11.6. The van der Waals surface area contributed by atoms with Crippen LogP contribution in [0.4, 0.5) is 23.1 Å². The van der Waals surface area contributed by atoms with E-state index in [2.05, 4.69) is 42.7 Å². The molecule has 0 bridgehead atoms. The van der Waals surface area contributed by atoms with Gasteiger partial charge in [-0.05, 0) is 25.2 Å². The van der Waals surface area contributed by atoms with Crippen molar-refractivity contribution >= 4 is 29.0 Å². The molecule has 2 heterocycles. The molecule has 0 aliphatic carbocycles. The lowest BCUT2D eigenvalue weighted by Gasteiger charge is -2.32. The Kier molecular flexibility index (Phi) is 4.85. The molecule has 0 unspecified atom stereocenters. The van der Waals surface area contributed by atoms with Crippen molar-refractivity contribution in [1.82, 2.24) is 20.1 Å². The van der Waals surface area contributed by atoms with Gasteiger partial charge < -0.3 is 20.4 Å². The fraction of sp³-hybridized carbons (Fsp3) is 0.375. The van der Waals surface area contributed by atoms with Crippen LogP contribution in [-0.4, -0.2) is 59.2 Å². The summed E-state index contributed by atoms with van der Waals surface area (Å²) in [5.74, 6) is 1.15. The second-order valence-corrected chi connectivity index (χ2v) is 5.82. The monoisotopic (exact) mass is 327 g/mol. The molecule has 0 radical (unpaired) electrons. The number of hydrogen-bond donors (Lipinski definition) is 2. The summed E-state index contributed by atoms with van der Waals surface area (Å²) in [5.41, 5.74) is 1.56. The molecule has 1 aromatic carbocycles. The number of nitrogens with zero attached hydrogens (tertiary/aromatic N) is 5. The Labute approximate surface area is 140 Å². The van der Waals surface area contributed by atoms with E-state index in [4.69, 9.17) is 0 Å². The molecule has 8 nitrogen and oxygen atoms in total. The van der Waals surface area contributed by atoms with Gasteiger partial charge in [-0.1, -0.05) is 6.07 Å². The molecule has 1 amide bonds. The highest BCUT2D eigenvalue weighted by molar-refractivity contribution is 5.89. The predicted octanol–water partition coefficient (Wildman–Crippen LogP) is 1.33.